The third-order valence-corrected chi connectivity index (χ3v) is 5.95. The molecule has 0 aromatic heterocycles. The zero-order valence-electron chi connectivity index (χ0n) is 21.2. The highest BCUT2D eigenvalue weighted by Gasteiger charge is 2.31. The quantitative estimate of drug-likeness (QED) is 0.381. The standard InChI is InChI=1S/C30H35FN2O3/c1-4-23-14-16-26(17-15-23)36-21-29(34)33(20-25-12-8-9-13-27(25)31)28(30(35)32-19-22(2)3)18-24-10-6-5-7-11-24/h5-17,22,28H,4,18-21H2,1-3H3,(H,32,35)/t28-/m1/s1. The first kappa shape index (κ1) is 26.9. The maximum atomic E-state index is 14.6. The summed E-state index contributed by atoms with van der Waals surface area (Å²) < 4.78 is 20.4. The van der Waals surface area contributed by atoms with Crippen LogP contribution in [0.25, 0.3) is 0 Å². The predicted molar refractivity (Wildman–Crippen MR) is 140 cm³/mol. The Morgan fingerprint density at radius 3 is 2.22 bits per heavy atom. The first-order valence-corrected chi connectivity index (χ1v) is 12.4. The van der Waals surface area contributed by atoms with Gasteiger partial charge in [0.2, 0.25) is 5.91 Å². The summed E-state index contributed by atoms with van der Waals surface area (Å²) in [5.41, 5.74) is 2.41. The Labute approximate surface area is 213 Å². The molecule has 0 radical (unpaired) electrons. The van der Waals surface area contributed by atoms with Crippen LogP contribution >= 0.6 is 0 Å². The molecule has 0 aliphatic rings. The van der Waals surface area contributed by atoms with Gasteiger partial charge in [-0.1, -0.05) is 81.4 Å². The molecule has 0 unspecified atom stereocenters. The van der Waals surface area contributed by atoms with E-state index in [1.165, 1.54) is 16.5 Å². The van der Waals surface area contributed by atoms with Crippen molar-refractivity contribution in [3.05, 3.63) is 101 Å². The second-order valence-electron chi connectivity index (χ2n) is 9.24. The fourth-order valence-electron chi connectivity index (χ4n) is 3.84. The number of nitrogens with zero attached hydrogens (tertiary/aromatic N) is 1. The van der Waals surface area contributed by atoms with Gasteiger partial charge >= 0.3 is 0 Å². The SMILES string of the molecule is CCc1ccc(OCC(=O)N(Cc2ccccc2F)[C@H](Cc2ccccc2)C(=O)NCC(C)C)cc1. The average molecular weight is 491 g/mol. The molecule has 1 atom stereocenters. The van der Waals surface area contributed by atoms with Crippen molar-refractivity contribution >= 4 is 11.8 Å². The van der Waals surface area contributed by atoms with E-state index in [1.54, 1.807) is 18.2 Å². The van der Waals surface area contributed by atoms with Crippen molar-refractivity contribution in [2.45, 2.75) is 46.2 Å². The average Bonchev–Trinajstić information content (AvgIpc) is 2.89. The normalized spacial score (nSPS) is 11.7. The molecule has 0 saturated heterocycles. The van der Waals surface area contributed by atoms with Crippen molar-refractivity contribution in [2.75, 3.05) is 13.2 Å². The van der Waals surface area contributed by atoms with Crippen molar-refractivity contribution in [1.29, 1.82) is 0 Å². The van der Waals surface area contributed by atoms with Gasteiger partial charge in [-0.25, -0.2) is 4.39 Å². The van der Waals surface area contributed by atoms with Gasteiger partial charge in [0.1, 0.15) is 17.6 Å². The smallest absolute Gasteiger partial charge is 0.261 e. The van der Waals surface area contributed by atoms with Crippen molar-refractivity contribution in [3.8, 4) is 5.75 Å². The molecular weight excluding hydrogens is 455 g/mol. The number of benzene rings is 3. The number of amides is 2. The largest absolute Gasteiger partial charge is 0.484 e. The van der Waals surface area contributed by atoms with E-state index >= 15 is 0 Å². The summed E-state index contributed by atoms with van der Waals surface area (Å²) in [6.45, 7) is 6.25. The van der Waals surface area contributed by atoms with Crippen molar-refractivity contribution in [3.63, 3.8) is 0 Å². The molecule has 0 aliphatic heterocycles. The fourth-order valence-corrected chi connectivity index (χ4v) is 3.84. The molecule has 0 heterocycles. The Morgan fingerprint density at radius 1 is 0.917 bits per heavy atom. The van der Waals surface area contributed by atoms with Crippen LogP contribution < -0.4 is 10.1 Å². The summed E-state index contributed by atoms with van der Waals surface area (Å²) in [5.74, 6) is -0.276. The highest BCUT2D eigenvalue weighted by molar-refractivity contribution is 5.88. The molecule has 3 aromatic rings. The monoisotopic (exact) mass is 490 g/mol. The van der Waals surface area contributed by atoms with Crippen LogP contribution in [-0.4, -0.2) is 35.9 Å². The first-order chi connectivity index (χ1) is 17.4. The Morgan fingerprint density at radius 2 is 1.58 bits per heavy atom. The Hall–Kier alpha value is -3.67. The first-order valence-electron chi connectivity index (χ1n) is 12.4. The third-order valence-electron chi connectivity index (χ3n) is 5.95. The molecule has 5 nitrogen and oxygen atoms in total. The van der Waals surface area contributed by atoms with Crippen molar-refractivity contribution in [2.24, 2.45) is 5.92 Å². The van der Waals surface area contributed by atoms with Gasteiger partial charge in [-0.2, -0.15) is 0 Å². The lowest BCUT2D eigenvalue weighted by molar-refractivity contribution is -0.142. The van der Waals surface area contributed by atoms with E-state index in [0.717, 1.165) is 12.0 Å². The van der Waals surface area contributed by atoms with Gasteiger partial charge in [-0.05, 0) is 41.7 Å². The summed E-state index contributed by atoms with van der Waals surface area (Å²) in [4.78, 5) is 28.3. The Bertz CT molecular complexity index is 1120. The number of halogens is 1. The minimum atomic E-state index is -0.829. The van der Waals surface area contributed by atoms with Gasteiger partial charge in [0.15, 0.2) is 6.61 Å². The number of hydrogen-bond donors (Lipinski definition) is 1. The van der Waals surface area contributed by atoms with Crippen molar-refractivity contribution < 1.29 is 18.7 Å². The summed E-state index contributed by atoms with van der Waals surface area (Å²) in [6.07, 6.45) is 1.21. The molecule has 190 valence electrons. The number of hydrogen-bond acceptors (Lipinski definition) is 3. The van der Waals surface area contributed by atoms with Crippen LogP contribution in [0.3, 0.4) is 0 Å². The lowest BCUT2D eigenvalue weighted by Crippen LogP contribution is -2.52. The number of nitrogens with one attached hydrogen (secondary N) is 1. The van der Waals surface area contributed by atoms with E-state index in [-0.39, 0.29) is 25.0 Å². The van der Waals surface area contributed by atoms with E-state index in [0.29, 0.717) is 24.3 Å². The van der Waals surface area contributed by atoms with Crippen molar-refractivity contribution in [1.82, 2.24) is 10.2 Å². The highest BCUT2D eigenvalue weighted by atomic mass is 19.1. The van der Waals surface area contributed by atoms with Crippen LogP contribution in [-0.2, 0) is 29.0 Å². The molecule has 0 saturated carbocycles. The summed E-state index contributed by atoms with van der Waals surface area (Å²) in [7, 11) is 0. The number of rotatable bonds is 12. The minimum absolute atomic E-state index is 0.0454. The predicted octanol–water partition coefficient (Wildman–Crippen LogP) is 5.18. The molecule has 1 N–H and O–H groups in total. The molecule has 36 heavy (non-hydrogen) atoms. The van der Waals surface area contributed by atoms with Crippen LogP contribution in [0, 0.1) is 11.7 Å². The second kappa shape index (κ2) is 13.4. The van der Waals surface area contributed by atoms with Crippen LogP contribution in [0.15, 0.2) is 78.9 Å². The Balaban J connectivity index is 1.89. The van der Waals surface area contributed by atoms with Crippen LogP contribution in [0.2, 0.25) is 0 Å². The van der Waals surface area contributed by atoms with E-state index in [4.69, 9.17) is 4.74 Å². The van der Waals surface area contributed by atoms with E-state index in [9.17, 15) is 14.0 Å². The van der Waals surface area contributed by atoms with Gasteiger partial charge in [-0.15, -0.1) is 0 Å². The molecule has 2 amide bonds. The van der Waals surface area contributed by atoms with Crippen LogP contribution in [0.5, 0.6) is 5.75 Å². The number of ether oxygens (including phenoxy) is 1. The van der Waals surface area contributed by atoms with E-state index in [1.807, 2.05) is 68.4 Å². The number of aryl methyl sites for hydroxylation is 1. The summed E-state index contributed by atoms with van der Waals surface area (Å²) in [5, 5.41) is 2.96. The lowest BCUT2D eigenvalue weighted by atomic mass is 10.0. The second-order valence-corrected chi connectivity index (χ2v) is 9.24. The molecule has 0 bridgehead atoms. The zero-order chi connectivity index (χ0) is 25.9. The number of carbonyl (C=O) groups excluding carboxylic acids is 2. The summed E-state index contributed by atoms with van der Waals surface area (Å²) >= 11 is 0. The molecule has 0 fully saturated rings. The molecular formula is C30H35FN2O3. The van der Waals surface area contributed by atoms with Gasteiger partial charge in [0.25, 0.3) is 5.91 Å². The maximum Gasteiger partial charge on any atom is 0.261 e. The van der Waals surface area contributed by atoms with Gasteiger partial charge in [0.05, 0.1) is 0 Å². The lowest BCUT2D eigenvalue weighted by Gasteiger charge is -2.31. The van der Waals surface area contributed by atoms with E-state index < -0.39 is 17.8 Å². The van der Waals surface area contributed by atoms with E-state index in [2.05, 4.69) is 12.2 Å². The third kappa shape index (κ3) is 7.94. The Kier molecular flexibility index (Phi) is 10.0. The van der Waals surface area contributed by atoms with Gasteiger partial charge in [0, 0.05) is 25.1 Å². The van der Waals surface area contributed by atoms with Gasteiger partial charge < -0.3 is 15.0 Å². The molecule has 0 spiro atoms. The summed E-state index contributed by atoms with van der Waals surface area (Å²) in [6, 6.07) is 22.6. The highest BCUT2D eigenvalue weighted by Crippen LogP contribution is 2.18. The zero-order valence-corrected chi connectivity index (χ0v) is 21.2. The topological polar surface area (TPSA) is 58.6 Å². The molecule has 0 aliphatic carbocycles. The molecule has 3 rings (SSSR count). The van der Waals surface area contributed by atoms with Gasteiger partial charge in [-0.3, -0.25) is 9.59 Å². The maximum absolute atomic E-state index is 14.6. The molecule has 6 heteroatoms. The number of carbonyl (C=O) groups is 2. The van der Waals surface area contributed by atoms with Crippen LogP contribution in [0.4, 0.5) is 4.39 Å². The minimum Gasteiger partial charge on any atom is -0.484 e. The fraction of sp³-hybridized carbons (Fsp3) is 0.333. The van der Waals surface area contributed by atoms with Crippen LogP contribution in [0.1, 0.15) is 37.5 Å². The molecule has 3 aromatic carbocycles.